The number of rotatable bonds is 4. The Labute approximate surface area is 171 Å². The van der Waals surface area contributed by atoms with Crippen molar-refractivity contribution in [2.24, 2.45) is 7.05 Å². The van der Waals surface area contributed by atoms with Crippen molar-refractivity contribution >= 4 is 52.1 Å². The van der Waals surface area contributed by atoms with E-state index in [1.165, 1.54) is 4.57 Å². The molecule has 2 saturated heterocycles. The Hall–Kier alpha value is -2.64. The van der Waals surface area contributed by atoms with E-state index in [2.05, 4.69) is 4.90 Å². The summed E-state index contributed by atoms with van der Waals surface area (Å²) in [5, 5.41) is 18.4. The second kappa shape index (κ2) is 7.77. The number of hydrogen-bond acceptors (Lipinski definition) is 7. The minimum Gasteiger partial charge on any atom is -0.480 e. The van der Waals surface area contributed by atoms with Crippen LogP contribution in [0.3, 0.4) is 0 Å². The molecule has 1 amide bonds. The molecule has 1 aromatic rings. The van der Waals surface area contributed by atoms with Crippen molar-refractivity contribution in [3.63, 3.8) is 0 Å². The number of carboxylic acids is 1. The van der Waals surface area contributed by atoms with Gasteiger partial charge in [-0.1, -0.05) is 24.0 Å². The highest BCUT2D eigenvalue weighted by Gasteiger charge is 2.34. The molecule has 1 N–H and O–H groups in total. The predicted octanol–water partition coefficient (Wildman–Crippen LogP) is 1.45. The fraction of sp³-hybridized carbons (Fsp3) is 0.389. The lowest BCUT2D eigenvalue weighted by Crippen LogP contribution is -2.33. The van der Waals surface area contributed by atoms with Crippen LogP contribution in [0.15, 0.2) is 9.70 Å². The van der Waals surface area contributed by atoms with Gasteiger partial charge in [0, 0.05) is 25.7 Å². The largest absolute Gasteiger partial charge is 0.480 e. The fourth-order valence-corrected chi connectivity index (χ4v) is 4.66. The molecule has 0 bridgehead atoms. The van der Waals surface area contributed by atoms with E-state index in [1.54, 1.807) is 20.0 Å². The maximum Gasteiger partial charge on any atom is 0.323 e. The van der Waals surface area contributed by atoms with Gasteiger partial charge in [0.05, 0.1) is 4.91 Å². The third-order valence-electron chi connectivity index (χ3n) is 4.82. The molecule has 1 aromatic heterocycles. The minimum absolute atomic E-state index is 0.0257. The number of pyridine rings is 1. The maximum absolute atomic E-state index is 12.6. The Morgan fingerprint density at radius 2 is 2.00 bits per heavy atom. The average molecular weight is 419 g/mol. The molecule has 0 radical (unpaired) electrons. The summed E-state index contributed by atoms with van der Waals surface area (Å²) in [6.07, 6.45) is 3.60. The van der Waals surface area contributed by atoms with Crippen molar-refractivity contribution in [1.82, 2.24) is 9.47 Å². The Bertz CT molecular complexity index is 1020. The fourth-order valence-electron chi connectivity index (χ4n) is 3.43. The molecule has 2 aliphatic heterocycles. The number of carbonyl (C=O) groups excluding carboxylic acids is 1. The van der Waals surface area contributed by atoms with Crippen molar-refractivity contribution in [1.29, 1.82) is 5.26 Å². The molecule has 8 nitrogen and oxygen atoms in total. The number of carboxylic acid groups (broad SMARTS) is 1. The van der Waals surface area contributed by atoms with E-state index in [9.17, 15) is 19.6 Å². The second-order valence-corrected chi connectivity index (χ2v) is 8.24. The van der Waals surface area contributed by atoms with Crippen molar-refractivity contribution in [2.45, 2.75) is 19.8 Å². The van der Waals surface area contributed by atoms with Crippen LogP contribution in [-0.4, -0.2) is 50.4 Å². The first-order chi connectivity index (χ1) is 13.3. The zero-order valence-corrected chi connectivity index (χ0v) is 17.0. The van der Waals surface area contributed by atoms with E-state index in [4.69, 9.17) is 17.3 Å². The monoisotopic (exact) mass is 418 g/mol. The van der Waals surface area contributed by atoms with Crippen molar-refractivity contribution in [3.05, 3.63) is 31.9 Å². The van der Waals surface area contributed by atoms with Gasteiger partial charge in [0.25, 0.3) is 11.5 Å². The summed E-state index contributed by atoms with van der Waals surface area (Å²) in [5.41, 5.74) is 0.752. The average Bonchev–Trinajstić information content (AvgIpc) is 3.25. The van der Waals surface area contributed by atoms with Gasteiger partial charge in [-0.2, -0.15) is 5.26 Å². The Kier molecular flexibility index (Phi) is 5.58. The summed E-state index contributed by atoms with van der Waals surface area (Å²) in [5.74, 6) is -0.987. The summed E-state index contributed by atoms with van der Waals surface area (Å²) in [6, 6.07) is 1.96. The number of aromatic nitrogens is 1. The normalized spacial score (nSPS) is 18.2. The number of nitriles is 1. The van der Waals surface area contributed by atoms with Gasteiger partial charge in [0.15, 0.2) is 0 Å². The van der Waals surface area contributed by atoms with E-state index < -0.39 is 18.4 Å². The van der Waals surface area contributed by atoms with E-state index in [0.29, 0.717) is 16.9 Å². The number of anilines is 1. The summed E-state index contributed by atoms with van der Waals surface area (Å²) in [4.78, 5) is 39.6. The molecule has 28 heavy (non-hydrogen) atoms. The van der Waals surface area contributed by atoms with Crippen molar-refractivity contribution < 1.29 is 14.7 Å². The van der Waals surface area contributed by atoms with Gasteiger partial charge in [0.1, 0.15) is 28.3 Å². The first kappa shape index (κ1) is 20.1. The molecule has 3 rings (SSSR count). The summed E-state index contributed by atoms with van der Waals surface area (Å²) in [6.45, 7) is 2.74. The lowest BCUT2D eigenvalue weighted by atomic mass is 10.0. The number of thioether (sulfide) groups is 1. The molecule has 10 heteroatoms. The van der Waals surface area contributed by atoms with E-state index in [1.807, 2.05) is 6.07 Å². The third kappa shape index (κ3) is 3.43. The van der Waals surface area contributed by atoms with Crippen LogP contribution in [0, 0.1) is 18.3 Å². The molecular weight excluding hydrogens is 400 g/mol. The standard InChI is InChI=1S/C18H18N4O4S2/c1-10-11(7-13-17(26)22(9-14(23)24)18(27)28-13)15(21-5-3-4-6-21)20(2)16(25)12(10)8-19/h7H,3-6,9H2,1-2H3,(H,23,24). The Balaban J connectivity index is 2.17. The lowest BCUT2D eigenvalue weighted by molar-refractivity contribution is -0.140. The van der Waals surface area contributed by atoms with Crippen molar-refractivity contribution in [2.75, 3.05) is 24.5 Å². The molecule has 146 valence electrons. The molecule has 0 saturated carbocycles. The zero-order valence-electron chi connectivity index (χ0n) is 15.4. The van der Waals surface area contributed by atoms with Gasteiger partial charge >= 0.3 is 5.97 Å². The first-order valence-corrected chi connectivity index (χ1v) is 9.84. The quantitative estimate of drug-likeness (QED) is 0.578. The highest BCUT2D eigenvalue weighted by Crippen LogP contribution is 2.36. The van der Waals surface area contributed by atoms with Gasteiger partial charge in [-0.05, 0) is 31.4 Å². The zero-order chi connectivity index (χ0) is 20.6. The number of aliphatic carboxylic acids is 1. The van der Waals surface area contributed by atoms with Crippen LogP contribution in [0.1, 0.15) is 29.5 Å². The topological polar surface area (TPSA) is 107 Å². The van der Waals surface area contributed by atoms with Crippen LogP contribution >= 0.6 is 24.0 Å². The van der Waals surface area contributed by atoms with E-state index in [0.717, 1.165) is 42.6 Å². The number of nitrogens with zero attached hydrogens (tertiary/aromatic N) is 4. The van der Waals surface area contributed by atoms with Crippen LogP contribution in [-0.2, 0) is 16.6 Å². The summed E-state index contributed by atoms with van der Waals surface area (Å²) in [7, 11) is 1.61. The maximum atomic E-state index is 12.6. The molecule has 2 fully saturated rings. The second-order valence-electron chi connectivity index (χ2n) is 6.57. The molecule has 3 heterocycles. The van der Waals surface area contributed by atoms with Crippen LogP contribution < -0.4 is 10.5 Å². The van der Waals surface area contributed by atoms with Crippen LogP contribution in [0.25, 0.3) is 6.08 Å². The van der Waals surface area contributed by atoms with Gasteiger partial charge in [-0.15, -0.1) is 0 Å². The van der Waals surface area contributed by atoms with Crippen molar-refractivity contribution in [3.8, 4) is 6.07 Å². The van der Waals surface area contributed by atoms with Gasteiger partial charge in [-0.25, -0.2) is 0 Å². The van der Waals surface area contributed by atoms with Crippen LogP contribution in [0.2, 0.25) is 0 Å². The van der Waals surface area contributed by atoms with Crippen LogP contribution in [0.5, 0.6) is 0 Å². The first-order valence-electron chi connectivity index (χ1n) is 8.62. The lowest BCUT2D eigenvalue weighted by Gasteiger charge is -2.25. The van der Waals surface area contributed by atoms with Gasteiger partial charge in [-0.3, -0.25) is 23.9 Å². The minimum atomic E-state index is -1.15. The molecule has 0 atom stereocenters. The number of amides is 1. The summed E-state index contributed by atoms with van der Waals surface area (Å²) < 4.78 is 1.62. The molecule has 0 aliphatic carbocycles. The molecule has 0 aromatic carbocycles. The number of thiocarbonyl (C=S) groups is 1. The smallest absolute Gasteiger partial charge is 0.323 e. The number of carbonyl (C=O) groups is 2. The summed E-state index contributed by atoms with van der Waals surface area (Å²) >= 11 is 6.16. The van der Waals surface area contributed by atoms with Gasteiger partial charge in [0.2, 0.25) is 0 Å². The SMILES string of the molecule is Cc1c(C=C2SC(=S)N(CC(=O)O)C2=O)c(N2CCCC2)n(C)c(=O)c1C#N. The van der Waals surface area contributed by atoms with E-state index in [-0.39, 0.29) is 20.3 Å². The third-order valence-corrected chi connectivity index (χ3v) is 6.19. The molecule has 2 aliphatic rings. The van der Waals surface area contributed by atoms with Gasteiger partial charge < -0.3 is 10.0 Å². The molecular formula is C18H18N4O4S2. The molecule has 0 unspecified atom stereocenters. The molecule has 0 spiro atoms. The van der Waals surface area contributed by atoms with E-state index >= 15 is 0 Å². The Morgan fingerprint density at radius 3 is 2.57 bits per heavy atom. The Morgan fingerprint density at radius 1 is 1.36 bits per heavy atom. The predicted molar refractivity (Wildman–Crippen MR) is 110 cm³/mol. The highest BCUT2D eigenvalue weighted by molar-refractivity contribution is 8.26. The van der Waals surface area contributed by atoms with Crippen LogP contribution in [0.4, 0.5) is 5.82 Å². The highest BCUT2D eigenvalue weighted by atomic mass is 32.2. The number of hydrogen-bond donors (Lipinski definition) is 1.